The number of benzene rings is 1. The number of likely N-dealkylation sites (tertiary alicyclic amines) is 1. The molecule has 0 unspecified atom stereocenters. The van der Waals surface area contributed by atoms with Gasteiger partial charge in [0.2, 0.25) is 0 Å². The Balaban J connectivity index is 1.72. The number of phenolic OH excluding ortho intramolecular Hbond substituents is 1. The molecule has 2 aromatic rings. The van der Waals surface area contributed by atoms with Crippen LogP contribution in [0, 0.1) is 6.92 Å². The van der Waals surface area contributed by atoms with Crippen molar-refractivity contribution in [1.29, 1.82) is 0 Å². The smallest absolute Gasteiger partial charge is 0.416 e. The summed E-state index contributed by atoms with van der Waals surface area (Å²) < 4.78 is 44.2. The number of hydrogen-bond donors (Lipinski definition) is 3. The van der Waals surface area contributed by atoms with Crippen LogP contribution in [0.15, 0.2) is 18.2 Å². The Kier molecular flexibility index (Phi) is 8.45. The number of hydrogen-bond acceptors (Lipinski definition) is 8. The minimum absolute atomic E-state index is 0.00158. The van der Waals surface area contributed by atoms with Crippen molar-refractivity contribution in [2.24, 2.45) is 0 Å². The summed E-state index contributed by atoms with van der Waals surface area (Å²) in [6.07, 6.45) is -2.53. The molecule has 11 heteroatoms. The molecule has 1 aromatic heterocycles. The van der Waals surface area contributed by atoms with Crippen LogP contribution in [-0.2, 0) is 22.3 Å². The number of ether oxygens (including phenoxy) is 1. The number of piperidine rings is 1. The van der Waals surface area contributed by atoms with Crippen molar-refractivity contribution in [3.05, 3.63) is 34.9 Å². The van der Waals surface area contributed by atoms with Crippen molar-refractivity contribution in [2.45, 2.75) is 71.4 Å². The maximum absolute atomic E-state index is 12.9. The van der Waals surface area contributed by atoms with Crippen LogP contribution in [0.5, 0.6) is 5.75 Å². The second kappa shape index (κ2) is 11.0. The van der Waals surface area contributed by atoms with Gasteiger partial charge >= 0.3 is 12.1 Å². The fraction of sp³-hybridized carbons (Fsp3) is 0.560. The number of aromatic hydroxyl groups is 1. The van der Waals surface area contributed by atoms with Crippen LogP contribution in [0.25, 0.3) is 11.3 Å². The highest BCUT2D eigenvalue weighted by atomic mass is 19.4. The van der Waals surface area contributed by atoms with E-state index in [4.69, 9.17) is 4.74 Å². The third-order valence-electron chi connectivity index (χ3n) is 5.98. The number of anilines is 1. The molecule has 3 rings (SSSR count). The molecule has 0 bridgehead atoms. The molecule has 1 aliphatic rings. The summed E-state index contributed by atoms with van der Waals surface area (Å²) in [6, 6.07) is 2.67. The average molecular weight is 511 g/mol. The lowest BCUT2D eigenvalue weighted by molar-refractivity contribution is -0.155. The number of carbonyl (C=O) groups is 1. The molecule has 36 heavy (non-hydrogen) atoms. The first-order valence-electron chi connectivity index (χ1n) is 11.9. The highest BCUT2D eigenvalue weighted by Gasteiger charge is 2.31. The first kappa shape index (κ1) is 27.7. The summed E-state index contributed by atoms with van der Waals surface area (Å²) in [4.78, 5) is 14.2. The fourth-order valence-electron chi connectivity index (χ4n) is 4.24. The molecule has 0 amide bonds. The first-order chi connectivity index (χ1) is 16.8. The zero-order chi connectivity index (χ0) is 26.7. The van der Waals surface area contributed by atoms with Crippen LogP contribution in [0.4, 0.5) is 19.0 Å². The van der Waals surface area contributed by atoms with Crippen LogP contribution < -0.4 is 5.32 Å². The second-order valence-electron chi connectivity index (χ2n) is 10.0. The largest absolute Gasteiger partial charge is 0.507 e. The fourth-order valence-corrected chi connectivity index (χ4v) is 4.24. The molecule has 0 saturated carbocycles. The maximum Gasteiger partial charge on any atom is 0.416 e. The van der Waals surface area contributed by atoms with Gasteiger partial charge in [0.1, 0.15) is 17.0 Å². The zero-order valence-electron chi connectivity index (χ0n) is 20.9. The molecule has 8 nitrogen and oxygen atoms in total. The van der Waals surface area contributed by atoms with Crippen molar-refractivity contribution in [3.63, 3.8) is 0 Å². The normalized spacial score (nSPS) is 17.2. The Hall–Kier alpha value is -2.92. The SMILES string of the molecule is Cc1c(-c2ccc(C(F)(F)F)cc2O)nnc(N[C@@H]2CCCN(CCC(=O)OC(C)(C)C)C2)c1CO. The van der Waals surface area contributed by atoms with Gasteiger partial charge in [-0.05, 0) is 70.8 Å². The lowest BCUT2D eigenvalue weighted by atomic mass is 10.00. The van der Waals surface area contributed by atoms with Crippen molar-refractivity contribution in [2.75, 3.05) is 25.0 Å². The molecule has 1 aromatic carbocycles. The van der Waals surface area contributed by atoms with Crippen LogP contribution >= 0.6 is 0 Å². The topological polar surface area (TPSA) is 108 Å². The number of aliphatic hydroxyl groups is 1. The van der Waals surface area contributed by atoms with Gasteiger partial charge in [-0.3, -0.25) is 4.79 Å². The third kappa shape index (κ3) is 7.07. The maximum atomic E-state index is 12.9. The molecule has 0 aliphatic carbocycles. The first-order valence-corrected chi connectivity index (χ1v) is 11.9. The van der Waals surface area contributed by atoms with Gasteiger partial charge in [-0.25, -0.2) is 0 Å². The quantitative estimate of drug-likeness (QED) is 0.474. The average Bonchev–Trinajstić information content (AvgIpc) is 2.77. The Morgan fingerprint density at radius 3 is 2.58 bits per heavy atom. The molecule has 1 atom stereocenters. The molecular formula is C25H33F3N4O4. The van der Waals surface area contributed by atoms with E-state index in [1.807, 2.05) is 20.8 Å². The summed E-state index contributed by atoms with van der Waals surface area (Å²) in [5, 5.41) is 31.9. The lowest BCUT2D eigenvalue weighted by Gasteiger charge is -2.33. The number of aromatic nitrogens is 2. The molecular weight excluding hydrogens is 477 g/mol. The van der Waals surface area contributed by atoms with Gasteiger partial charge in [0, 0.05) is 30.3 Å². The molecule has 1 aliphatic heterocycles. The number of nitrogens with one attached hydrogen (secondary N) is 1. The number of aliphatic hydroxyl groups excluding tert-OH is 1. The summed E-state index contributed by atoms with van der Waals surface area (Å²) >= 11 is 0. The Morgan fingerprint density at radius 1 is 1.25 bits per heavy atom. The highest BCUT2D eigenvalue weighted by Crippen LogP contribution is 2.38. The van der Waals surface area contributed by atoms with E-state index in [0.29, 0.717) is 36.1 Å². The molecule has 1 saturated heterocycles. The summed E-state index contributed by atoms with van der Waals surface area (Å²) in [5.41, 5.74) is -0.251. The minimum atomic E-state index is -4.58. The van der Waals surface area contributed by atoms with E-state index in [2.05, 4.69) is 20.4 Å². The van der Waals surface area contributed by atoms with Crippen LogP contribution in [0.2, 0.25) is 0 Å². The van der Waals surface area contributed by atoms with E-state index in [-0.39, 0.29) is 36.3 Å². The van der Waals surface area contributed by atoms with E-state index in [0.717, 1.165) is 31.5 Å². The molecule has 0 radical (unpaired) electrons. The van der Waals surface area contributed by atoms with Crippen molar-refractivity contribution in [1.82, 2.24) is 15.1 Å². The van der Waals surface area contributed by atoms with Gasteiger partial charge in [-0.1, -0.05) is 0 Å². The number of alkyl halides is 3. The lowest BCUT2D eigenvalue weighted by Crippen LogP contribution is -2.43. The Bertz CT molecular complexity index is 1090. The number of halogens is 3. The summed E-state index contributed by atoms with van der Waals surface area (Å²) in [7, 11) is 0. The van der Waals surface area contributed by atoms with Crippen molar-refractivity contribution in [3.8, 4) is 17.0 Å². The number of rotatable bonds is 7. The van der Waals surface area contributed by atoms with E-state index in [1.54, 1.807) is 6.92 Å². The second-order valence-corrected chi connectivity index (χ2v) is 10.0. The van der Waals surface area contributed by atoms with E-state index < -0.39 is 23.1 Å². The number of phenols is 1. The van der Waals surface area contributed by atoms with Crippen LogP contribution in [0.1, 0.15) is 56.7 Å². The number of esters is 1. The standard InChI is InChI=1S/C25H33F3N4O4/c1-15-19(14-33)23(31-30-22(15)18-8-7-16(12-20(18)34)25(26,27)28)29-17-6-5-10-32(13-17)11-9-21(35)36-24(2,3)4/h7-8,12,17,33-34H,5-6,9-11,13-14H2,1-4H3,(H,29,31)/t17-/m1/s1. The van der Waals surface area contributed by atoms with Crippen LogP contribution in [-0.4, -0.2) is 62.6 Å². The van der Waals surface area contributed by atoms with Crippen molar-refractivity contribution < 1.29 is 32.9 Å². The van der Waals surface area contributed by atoms with E-state index in [9.17, 15) is 28.2 Å². The van der Waals surface area contributed by atoms with E-state index >= 15 is 0 Å². The Morgan fingerprint density at radius 2 is 1.97 bits per heavy atom. The monoisotopic (exact) mass is 510 g/mol. The van der Waals surface area contributed by atoms with Crippen LogP contribution in [0.3, 0.4) is 0 Å². The number of carbonyl (C=O) groups excluding carboxylic acids is 1. The molecule has 0 spiro atoms. The minimum Gasteiger partial charge on any atom is -0.507 e. The molecule has 2 heterocycles. The van der Waals surface area contributed by atoms with Gasteiger partial charge < -0.3 is 25.2 Å². The number of nitrogens with zero attached hydrogens (tertiary/aromatic N) is 3. The van der Waals surface area contributed by atoms with E-state index in [1.165, 1.54) is 0 Å². The summed E-state index contributed by atoms with van der Waals surface area (Å²) in [6.45, 7) is 8.88. The molecule has 1 fully saturated rings. The summed E-state index contributed by atoms with van der Waals surface area (Å²) in [5.74, 6) is -0.437. The molecule has 198 valence electrons. The van der Waals surface area contributed by atoms with Gasteiger partial charge in [-0.2, -0.15) is 13.2 Å². The van der Waals surface area contributed by atoms with Crippen molar-refractivity contribution >= 4 is 11.8 Å². The van der Waals surface area contributed by atoms with Gasteiger partial charge in [0.05, 0.1) is 18.6 Å². The predicted octanol–water partition coefficient (Wildman–Crippen LogP) is 4.28. The molecule has 3 N–H and O–H groups in total. The van der Waals surface area contributed by atoms with Gasteiger partial charge in [0.15, 0.2) is 5.82 Å². The third-order valence-corrected chi connectivity index (χ3v) is 5.98. The highest BCUT2D eigenvalue weighted by molar-refractivity contribution is 5.72. The van der Waals surface area contributed by atoms with Gasteiger partial charge in [-0.15, -0.1) is 10.2 Å². The zero-order valence-corrected chi connectivity index (χ0v) is 20.9. The Labute approximate surface area is 208 Å². The predicted molar refractivity (Wildman–Crippen MR) is 128 cm³/mol. The van der Waals surface area contributed by atoms with Gasteiger partial charge in [0.25, 0.3) is 0 Å².